The van der Waals surface area contributed by atoms with Crippen LogP contribution in [0.5, 0.6) is 5.75 Å². The van der Waals surface area contributed by atoms with Crippen LogP contribution in [0.3, 0.4) is 0 Å². The molecule has 0 unspecified atom stereocenters. The van der Waals surface area contributed by atoms with Crippen LogP contribution in [0.25, 0.3) is 0 Å². The van der Waals surface area contributed by atoms with Gasteiger partial charge in [-0.3, -0.25) is 0 Å². The second-order valence-electron chi connectivity index (χ2n) is 4.65. The Morgan fingerprint density at radius 3 is 2.56 bits per heavy atom. The van der Waals surface area contributed by atoms with Crippen molar-refractivity contribution >= 4 is 13.3 Å². The van der Waals surface area contributed by atoms with Gasteiger partial charge in [0.2, 0.25) is 0 Å². The third-order valence-electron chi connectivity index (χ3n) is 3.35. The molecule has 84 valence electrons. The van der Waals surface area contributed by atoms with E-state index in [1.807, 2.05) is 6.07 Å². The fourth-order valence-electron chi connectivity index (χ4n) is 2.24. The molecule has 0 N–H and O–H groups in total. The van der Waals surface area contributed by atoms with Crippen molar-refractivity contribution in [2.24, 2.45) is 0 Å². The number of para-hydroxylation sites is 1. The highest BCUT2D eigenvalue weighted by Gasteiger charge is 2.30. The largest absolute Gasteiger partial charge is 0.497 e. The number of ether oxygens (including phenoxy) is 1. The van der Waals surface area contributed by atoms with Gasteiger partial charge in [-0.25, -0.2) is 0 Å². The van der Waals surface area contributed by atoms with Crippen LogP contribution in [0.4, 0.5) is 0 Å². The van der Waals surface area contributed by atoms with Crippen LogP contribution in [0.2, 0.25) is 13.1 Å². The maximum absolute atomic E-state index is 5.48. The quantitative estimate of drug-likeness (QED) is 0.725. The Hall–Kier alpha value is -1.28. The molecule has 1 nitrogen and oxygen atoms in total. The minimum Gasteiger partial charge on any atom is -0.497 e. The monoisotopic (exact) mass is 230 g/mol. The maximum Gasteiger partial charge on any atom is 0.118 e. The smallest absolute Gasteiger partial charge is 0.118 e. The topological polar surface area (TPSA) is 9.23 Å². The molecule has 16 heavy (non-hydrogen) atoms. The van der Waals surface area contributed by atoms with Gasteiger partial charge in [-0.05, 0) is 17.7 Å². The Labute approximate surface area is 98.5 Å². The average Bonchev–Trinajstić information content (AvgIpc) is 2.83. The van der Waals surface area contributed by atoms with E-state index in [9.17, 15) is 0 Å². The fraction of sp³-hybridized carbons (Fsp3) is 0.286. The predicted molar refractivity (Wildman–Crippen MR) is 72.0 cm³/mol. The summed E-state index contributed by atoms with van der Waals surface area (Å²) < 4.78 is 5.48. The summed E-state index contributed by atoms with van der Waals surface area (Å²) in [6.45, 7) is 4.79. The molecule has 2 rings (SSSR count). The van der Waals surface area contributed by atoms with Gasteiger partial charge in [0.05, 0.1) is 7.11 Å². The molecule has 1 aliphatic carbocycles. The summed E-state index contributed by atoms with van der Waals surface area (Å²) in [7, 11) is 0.216. The van der Waals surface area contributed by atoms with Gasteiger partial charge in [0, 0.05) is 0 Å². The summed E-state index contributed by atoms with van der Waals surface area (Å²) in [5, 5.41) is 2.98. The second kappa shape index (κ2) is 4.30. The number of hydrogen-bond acceptors (Lipinski definition) is 1. The zero-order valence-electron chi connectivity index (χ0n) is 10.2. The second-order valence-corrected chi connectivity index (χ2v) is 9.08. The summed E-state index contributed by atoms with van der Waals surface area (Å²) in [6, 6.07) is 8.42. The molecule has 1 aliphatic rings. The van der Waals surface area contributed by atoms with Crippen molar-refractivity contribution in [1.29, 1.82) is 0 Å². The lowest BCUT2D eigenvalue weighted by molar-refractivity contribution is 0.418. The Kier molecular flexibility index (Phi) is 3.01. The van der Waals surface area contributed by atoms with Gasteiger partial charge in [-0.15, -0.1) is 0 Å². The first-order valence-corrected chi connectivity index (χ1v) is 8.66. The molecule has 1 aromatic rings. The first-order chi connectivity index (χ1) is 7.66. The van der Waals surface area contributed by atoms with E-state index in [4.69, 9.17) is 4.74 Å². The molecule has 0 atom stereocenters. The lowest BCUT2D eigenvalue weighted by Crippen LogP contribution is -2.44. The van der Waals surface area contributed by atoms with Crippen molar-refractivity contribution < 1.29 is 4.74 Å². The van der Waals surface area contributed by atoms with Crippen LogP contribution in [0.1, 0.15) is 6.42 Å². The minimum absolute atomic E-state index is 1.03. The van der Waals surface area contributed by atoms with E-state index >= 15 is 0 Å². The van der Waals surface area contributed by atoms with Crippen LogP contribution < -0.4 is 9.92 Å². The number of methoxy groups -OCH3 is 1. The zero-order valence-corrected chi connectivity index (χ0v) is 11.2. The first kappa shape index (κ1) is 11.2. The predicted octanol–water partition coefficient (Wildman–Crippen LogP) is 3.04. The summed E-state index contributed by atoms with van der Waals surface area (Å²) in [5.74, 6) is 1.03. The van der Waals surface area contributed by atoms with E-state index in [1.54, 1.807) is 12.3 Å². The lowest BCUT2D eigenvalue weighted by atomic mass is 10.3. The molecule has 0 heterocycles. The van der Waals surface area contributed by atoms with Gasteiger partial charge >= 0.3 is 0 Å². The van der Waals surface area contributed by atoms with Crippen molar-refractivity contribution in [3.63, 3.8) is 0 Å². The average molecular weight is 230 g/mol. The summed E-state index contributed by atoms with van der Waals surface area (Å²) in [6.07, 6.45) is 7.79. The summed E-state index contributed by atoms with van der Waals surface area (Å²) in [4.78, 5) is 0. The third-order valence-corrected chi connectivity index (χ3v) is 7.09. The Morgan fingerprint density at radius 2 is 1.94 bits per heavy atom. The summed E-state index contributed by atoms with van der Waals surface area (Å²) in [5.41, 5.74) is 0. The molecule has 2 heteroatoms. The number of benzene rings is 1. The first-order valence-electron chi connectivity index (χ1n) is 5.66. The SMILES string of the molecule is COc1ccccc1[Si](C)(C)C1=CC=CC1. The molecular formula is C14H18OSi. The van der Waals surface area contributed by atoms with Gasteiger partial charge in [-0.1, -0.05) is 54.7 Å². The minimum atomic E-state index is -1.54. The van der Waals surface area contributed by atoms with Crippen molar-refractivity contribution in [1.82, 2.24) is 0 Å². The molecule has 0 saturated carbocycles. The molecule has 0 amide bonds. The summed E-state index contributed by atoms with van der Waals surface area (Å²) >= 11 is 0. The Morgan fingerprint density at radius 1 is 1.19 bits per heavy atom. The van der Waals surface area contributed by atoms with E-state index < -0.39 is 8.07 Å². The fourth-order valence-corrected chi connectivity index (χ4v) is 5.05. The van der Waals surface area contributed by atoms with Crippen molar-refractivity contribution in [2.75, 3.05) is 7.11 Å². The van der Waals surface area contributed by atoms with Crippen molar-refractivity contribution in [3.8, 4) is 5.75 Å². The molecule has 0 saturated heterocycles. The van der Waals surface area contributed by atoms with Crippen molar-refractivity contribution in [3.05, 3.63) is 47.7 Å². The van der Waals surface area contributed by atoms with E-state index in [-0.39, 0.29) is 0 Å². The van der Waals surface area contributed by atoms with Gasteiger partial charge in [0.15, 0.2) is 0 Å². The molecule has 0 bridgehead atoms. The highest BCUT2D eigenvalue weighted by Crippen LogP contribution is 2.25. The Balaban J connectivity index is 2.42. The normalized spacial score (nSPS) is 15.1. The van der Waals surface area contributed by atoms with Crippen LogP contribution in [0, 0.1) is 0 Å². The number of allylic oxidation sites excluding steroid dienone is 4. The molecule has 0 radical (unpaired) electrons. The molecule has 0 spiro atoms. The number of hydrogen-bond donors (Lipinski definition) is 0. The van der Waals surface area contributed by atoms with Crippen LogP contribution in [0.15, 0.2) is 47.7 Å². The van der Waals surface area contributed by atoms with Crippen LogP contribution in [-0.2, 0) is 0 Å². The standard InChI is InChI=1S/C14H18OSi/c1-15-13-10-6-7-11-14(13)16(2,3)12-8-4-5-9-12/h4-8,10-11H,9H2,1-3H3. The molecule has 1 aromatic carbocycles. The maximum atomic E-state index is 5.48. The molecule has 0 aromatic heterocycles. The van der Waals surface area contributed by atoms with Gasteiger partial charge in [0.1, 0.15) is 13.8 Å². The van der Waals surface area contributed by atoms with Gasteiger partial charge in [0.25, 0.3) is 0 Å². The highest BCUT2D eigenvalue weighted by atomic mass is 28.3. The van der Waals surface area contributed by atoms with Gasteiger partial charge in [-0.2, -0.15) is 0 Å². The van der Waals surface area contributed by atoms with Gasteiger partial charge < -0.3 is 4.74 Å². The molecule has 0 fully saturated rings. The molecular weight excluding hydrogens is 212 g/mol. The third kappa shape index (κ3) is 1.85. The number of rotatable bonds is 3. The van der Waals surface area contributed by atoms with E-state index in [2.05, 4.69) is 49.5 Å². The van der Waals surface area contributed by atoms with Crippen molar-refractivity contribution in [2.45, 2.75) is 19.5 Å². The van der Waals surface area contributed by atoms with E-state index in [0.29, 0.717) is 0 Å². The molecule has 0 aliphatic heterocycles. The van der Waals surface area contributed by atoms with E-state index in [0.717, 1.165) is 12.2 Å². The Bertz CT molecular complexity index is 444. The lowest BCUT2D eigenvalue weighted by Gasteiger charge is -2.26. The van der Waals surface area contributed by atoms with Crippen LogP contribution >= 0.6 is 0 Å². The highest BCUT2D eigenvalue weighted by molar-refractivity contribution is 6.96. The van der Waals surface area contributed by atoms with E-state index in [1.165, 1.54) is 5.19 Å². The van der Waals surface area contributed by atoms with Crippen LogP contribution in [-0.4, -0.2) is 15.2 Å². The zero-order chi connectivity index (χ0) is 11.6.